The summed E-state index contributed by atoms with van der Waals surface area (Å²) in [6.45, 7) is 2.65. The molecule has 1 aliphatic rings. The largest absolute Gasteiger partial charge is 0.384 e. The molecule has 1 amide bonds. The molecule has 0 radical (unpaired) electrons. The number of pyridine rings is 1. The molecule has 0 saturated heterocycles. The Balaban J connectivity index is 1.61. The molecule has 5 heteroatoms. The normalized spacial score (nSPS) is 14.7. The summed E-state index contributed by atoms with van der Waals surface area (Å²) < 4.78 is 0. The number of aliphatic hydroxyl groups is 1. The molecule has 0 spiro atoms. The van der Waals surface area contributed by atoms with Crippen LogP contribution in [-0.2, 0) is 12.8 Å². The molecule has 0 aliphatic carbocycles. The lowest BCUT2D eigenvalue weighted by atomic mass is 9.98. The summed E-state index contributed by atoms with van der Waals surface area (Å²) in [7, 11) is 0. The molecular formula is C23H21ClN2O2. The van der Waals surface area contributed by atoms with Crippen LogP contribution in [0, 0.1) is 0 Å². The summed E-state index contributed by atoms with van der Waals surface area (Å²) >= 11 is 6.05. The number of anilines is 1. The molecule has 0 saturated carbocycles. The first-order chi connectivity index (χ1) is 13.6. The summed E-state index contributed by atoms with van der Waals surface area (Å²) in [4.78, 5) is 18.9. The minimum atomic E-state index is -0.788. The second-order valence-electron chi connectivity index (χ2n) is 6.98. The van der Waals surface area contributed by atoms with Gasteiger partial charge in [0.15, 0.2) is 0 Å². The van der Waals surface area contributed by atoms with E-state index in [0.717, 1.165) is 24.0 Å². The summed E-state index contributed by atoms with van der Waals surface area (Å²) in [6.07, 6.45) is 4.20. The number of carbonyl (C=O) groups excluding carboxylic acids is 1. The van der Waals surface area contributed by atoms with Crippen LogP contribution in [0.15, 0.2) is 60.9 Å². The van der Waals surface area contributed by atoms with Gasteiger partial charge in [0.05, 0.1) is 11.9 Å². The first-order valence-corrected chi connectivity index (χ1v) is 9.76. The molecule has 3 aromatic rings. The van der Waals surface area contributed by atoms with Gasteiger partial charge in [0.1, 0.15) is 6.10 Å². The summed E-state index contributed by atoms with van der Waals surface area (Å²) in [6, 6.07) is 15.1. The number of nitrogens with zero attached hydrogens (tertiary/aromatic N) is 2. The molecule has 4 rings (SSSR count). The first kappa shape index (κ1) is 18.7. The number of benzene rings is 2. The number of aliphatic hydroxyl groups excluding tert-OH is 1. The smallest absolute Gasteiger partial charge is 0.258 e. The van der Waals surface area contributed by atoms with E-state index in [-0.39, 0.29) is 5.91 Å². The maximum absolute atomic E-state index is 12.9. The van der Waals surface area contributed by atoms with Gasteiger partial charge in [-0.1, -0.05) is 42.8 Å². The van der Waals surface area contributed by atoms with Gasteiger partial charge in [-0.2, -0.15) is 0 Å². The van der Waals surface area contributed by atoms with Crippen LogP contribution in [0.25, 0.3) is 0 Å². The second-order valence-corrected chi connectivity index (χ2v) is 7.42. The summed E-state index contributed by atoms with van der Waals surface area (Å²) in [5.41, 5.74) is 5.01. The zero-order chi connectivity index (χ0) is 19.7. The average Bonchev–Trinajstić information content (AvgIpc) is 2.73. The first-order valence-electron chi connectivity index (χ1n) is 9.39. The highest BCUT2D eigenvalue weighted by molar-refractivity contribution is 6.30. The van der Waals surface area contributed by atoms with Crippen molar-refractivity contribution >= 4 is 23.2 Å². The fourth-order valence-electron chi connectivity index (χ4n) is 3.57. The number of amides is 1. The van der Waals surface area contributed by atoms with Crippen LogP contribution in [0.2, 0.25) is 5.02 Å². The second kappa shape index (κ2) is 7.74. The number of aryl methyl sites for hydroxylation is 1. The predicted molar refractivity (Wildman–Crippen MR) is 111 cm³/mol. The average molecular weight is 393 g/mol. The Morgan fingerprint density at radius 3 is 2.64 bits per heavy atom. The lowest BCUT2D eigenvalue weighted by molar-refractivity contribution is 0.0980. The van der Waals surface area contributed by atoms with E-state index in [2.05, 4.69) is 11.9 Å². The quantitative estimate of drug-likeness (QED) is 0.706. The number of halogens is 1. The highest BCUT2D eigenvalue weighted by Gasteiger charge is 2.26. The van der Waals surface area contributed by atoms with E-state index in [4.69, 9.17) is 11.6 Å². The van der Waals surface area contributed by atoms with Crippen molar-refractivity contribution in [1.82, 2.24) is 4.98 Å². The number of carbonyl (C=O) groups is 1. The number of rotatable bonds is 4. The van der Waals surface area contributed by atoms with Gasteiger partial charge in [0.2, 0.25) is 0 Å². The van der Waals surface area contributed by atoms with Crippen LogP contribution in [0.1, 0.15) is 45.6 Å². The molecule has 142 valence electrons. The van der Waals surface area contributed by atoms with Crippen molar-refractivity contribution in [1.29, 1.82) is 0 Å². The monoisotopic (exact) mass is 392 g/mol. The van der Waals surface area contributed by atoms with Crippen molar-refractivity contribution < 1.29 is 9.90 Å². The Morgan fingerprint density at radius 1 is 1.11 bits per heavy atom. The lowest BCUT2D eigenvalue weighted by Gasteiger charge is -2.29. The SMILES string of the molecule is CCc1ccc(C(O)c2cncc(N3CCc4cc(Cl)ccc4C3=O)c2)cc1. The zero-order valence-corrected chi connectivity index (χ0v) is 16.4. The third-order valence-corrected chi connectivity index (χ3v) is 5.46. The van der Waals surface area contributed by atoms with Crippen LogP contribution in [0.5, 0.6) is 0 Å². The minimum absolute atomic E-state index is 0.0707. The van der Waals surface area contributed by atoms with E-state index >= 15 is 0 Å². The van der Waals surface area contributed by atoms with E-state index in [9.17, 15) is 9.90 Å². The van der Waals surface area contributed by atoms with Gasteiger partial charge in [-0.05, 0) is 53.8 Å². The van der Waals surface area contributed by atoms with Crippen molar-refractivity contribution in [3.8, 4) is 0 Å². The Bertz CT molecular complexity index is 1020. The zero-order valence-electron chi connectivity index (χ0n) is 15.6. The molecule has 4 nitrogen and oxygen atoms in total. The van der Waals surface area contributed by atoms with Gasteiger partial charge in [-0.25, -0.2) is 0 Å². The maximum Gasteiger partial charge on any atom is 0.258 e. The highest BCUT2D eigenvalue weighted by atomic mass is 35.5. The van der Waals surface area contributed by atoms with Crippen LogP contribution in [0.4, 0.5) is 5.69 Å². The van der Waals surface area contributed by atoms with E-state index in [1.807, 2.05) is 36.4 Å². The van der Waals surface area contributed by atoms with Crippen LogP contribution in [-0.4, -0.2) is 22.5 Å². The molecule has 28 heavy (non-hydrogen) atoms. The lowest BCUT2D eigenvalue weighted by Crippen LogP contribution is -2.37. The topological polar surface area (TPSA) is 53.4 Å². The Morgan fingerprint density at radius 2 is 1.89 bits per heavy atom. The maximum atomic E-state index is 12.9. The van der Waals surface area contributed by atoms with Crippen molar-refractivity contribution in [3.63, 3.8) is 0 Å². The molecule has 1 unspecified atom stereocenters. The fourth-order valence-corrected chi connectivity index (χ4v) is 3.77. The van der Waals surface area contributed by atoms with E-state index in [1.165, 1.54) is 5.56 Å². The number of hydrogen-bond donors (Lipinski definition) is 1. The molecule has 2 aromatic carbocycles. The summed E-state index contributed by atoms with van der Waals surface area (Å²) in [5.74, 6) is -0.0707. The molecule has 0 bridgehead atoms. The van der Waals surface area contributed by atoms with Crippen LogP contribution >= 0.6 is 11.6 Å². The number of aromatic nitrogens is 1. The fraction of sp³-hybridized carbons (Fsp3) is 0.217. The molecular weight excluding hydrogens is 372 g/mol. The van der Waals surface area contributed by atoms with Gasteiger partial charge in [0.25, 0.3) is 5.91 Å². The van der Waals surface area contributed by atoms with E-state index in [0.29, 0.717) is 28.4 Å². The third-order valence-electron chi connectivity index (χ3n) is 5.22. The van der Waals surface area contributed by atoms with Gasteiger partial charge in [-0.3, -0.25) is 9.78 Å². The molecule has 1 N–H and O–H groups in total. The Labute approximate surface area is 169 Å². The highest BCUT2D eigenvalue weighted by Crippen LogP contribution is 2.29. The third kappa shape index (κ3) is 3.53. The Hall–Kier alpha value is -2.69. The van der Waals surface area contributed by atoms with Crippen molar-refractivity contribution in [2.75, 3.05) is 11.4 Å². The number of hydrogen-bond acceptors (Lipinski definition) is 3. The molecule has 0 fully saturated rings. The molecule has 2 heterocycles. The van der Waals surface area contributed by atoms with Gasteiger partial charge in [0, 0.05) is 28.9 Å². The Kier molecular flexibility index (Phi) is 5.16. The van der Waals surface area contributed by atoms with Gasteiger partial charge >= 0.3 is 0 Å². The summed E-state index contributed by atoms with van der Waals surface area (Å²) in [5, 5.41) is 11.4. The van der Waals surface area contributed by atoms with Crippen molar-refractivity contribution in [3.05, 3.63) is 93.8 Å². The van der Waals surface area contributed by atoms with Gasteiger partial charge < -0.3 is 10.0 Å². The van der Waals surface area contributed by atoms with Crippen LogP contribution < -0.4 is 4.90 Å². The predicted octanol–water partition coefficient (Wildman–Crippen LogP) is 4.58. The van der Waals surface area contributed by atoms with Gasteiger partial charge in [-0.15, -0.1) is 0 Å². The van der Waals surface area contributed by atoms with E-state index in [1.54, 1.807) is 29.4 Å². The van der Waals surface area contributed by atoms with Crippen molar-refractivity contribution in [2.24, 2.45) is 0 Å². The molecule has 1 aliphatic heterocycles. The molecule has 1 atom stereocenters. The number of fused-ring (bicyclic) bond motifs is 1. The van der Waals surface area contributed by atoms with E-state index < -0.39 is 6.10 Å². The van der Waals surface area contributed by atoms with Crippen molar-refractivity contribution in [2.45, 2.75) is 25.9 Å². The minimum Gasteiger partial charge on any atom is -0.384 e. The van der Waals surface area contributed by atoms with Crippen LogP contribution in [0.3, 0.4) is 0 Å². The standard InChI is InChI=1S/C23H21ClN2O2/c1-2-15-3-5-16(6-4-15)22(27)18-12-20(14-25-13-18)26-10-9-17-11-19(24)7-8-21(17)23(26)28/h3-8,11-14,22,27H,2,9-10H2,1H3. The molecule has 1 aromatic heterocycles.